The normalized spacial score (nSPS) is 15.6. The number of hydrogen-bond acceptors (Lipinski definition) is 2. The van der Waals surface area contributed by atoms with Gasteiger partial charge in [0.2, 0.25) is 0 Å². The molecule has 118 valence electrons. The lowest BCUT2D eigenvalue weighted by Crippen LogP contribution is -2.30. The number of fused-ring (bicyclic) bond motifs is 1. The van der Waals surface area contributed by atoms with Crippen molar-refractivity contribution in [1.29, 1.82) is 0 Å². The predicted molar refractivity (Wildman–Crippen MR) is 99.7 cm³/mol. The Balaban J connectivity index is 2.01. The number of carbonyl (C=O) groups excluding carboxylic acids is 1. The van der Waals surface area contributed by atoms with E-state index in [0.717, 1.165) is 28.9 Å². The summed E-state index contributed by atoms with van der Waals surface area (Å²) in [5.41, 5.74) is 3.91. The third-order valence-corrected chi connectivity index (χ3v) is 4.68. The van der Waals surface area contributed by atoms with E-state index >= 15 is 0 Å². The average Bonchev–Trinajstić information content (AvgIpc) is 2.81. The number of amides is 1. The Labute approximate surface area is 142 Å². The number of anilines is 1. The molecule has 0 aliphatic carbocycles. The Morgan fingerprint density at radius 3 is 2.43 bits per heavy atom. The van der Waals surface area contributed by atoms with Gasteiger partial charge in [0, 0.05) is 22.6 Å². The molecule has 0 radical (unpaired) electrons. The minimum absolute atomic E-state index is 0.105. The largest absolute Gasteiger partial charge is 0.307 e. The molecule has 2 aromatic carbocycles. The molecule has 0 N–H and O–H groups in total. The first kappa shape index (κ1) is 15.9. The molecule has 2 nitrogen and oxygen atoms in total. The third kappa shape index (κ3) is 3.20. The van der Waals surface area contributed by atoms with E-state index in [1.807, 2.05) is 35.2 Å². The summed E-state index contributed by atoms with van der Waals surface area (Å²) >= 11 is 1.72. The summed E-state index contributed by atoms with van der Waals surface area (Å²) in [7, 11) is 0. The molecule has 2 aromatic rings. The van der Waals surface area contributed by atoms with Crippen LogP contribution in [0, 0.1) is 5.92 Å². The van der Waals surface area contributed by atoms with Crippen LogP contribution in [0.2, 0.25) is 0 Å². The van der Waals surface area contributed by atoms with Crippen molar-refractivity contribution in [2.45, 2.75) is 18.7 Å². The van der Waals surface area contributed by atoms with E-state index in [-0.39, 0.29) is 5.91 Å². The van der Waals surface area contributed by atoms with Crippen LogP contribution in [0.1, 0.15) is 25.0 Å². The van der Waals surface area contributed by atoms with Crippen LogP contribution in [0.5, 0.6) is 0 Å². The molecule has 0 atom stereocenters. The Kier molecular flexibility index (Phi) is 4.58. The second-order valence-corrected chi connectivity index (χ2v) is 7.04. The molecule has 1 heterocycles. The second-order valence-electron chi connectivity index (χ2n) is 6.16. The quantitative estimate of drug-likeness (QED) is 0.586. The van der Waals surface area contributed by atoms with Gasteiger partial charge in [-0.3, -0.25) is 4.79 Å². The van der Waals surface area contributed by atoms with Gasteiger partial charge in [-0.1, -0.05) is 44.2 Å². The number of rotatable bonds is 4. The SMILES string of the molecule is CSc1ccc(/C=C2\C(=O)N(CC(C)C)c3ccccc32)cc1. The number of para-hydroxylation sites is 1. The van der Waals surface area contributed by atoms with E-state index in [9.17, 15) is 4.79 Å². The van der Waals surface area contributed by atoms with E-state index in [0.29, 0.717) is 5.92 Å². The summed E-state index contributed by atoms with van der Waals surface area (Å²) in [5, 5.41) is 0. The van der Waals surface area contributed by atoms with Crippen molar-refractivity contribution in [2.24, 2.45) is 5.92 Å². The Hall–Kier alpha value is -2.00. The molecule has 3 heteroatoms. The van der Waals surface area contributed by atoms with Crippen molar-refractivity contribution < 1.29 is 4.79 Å². The monoisotopic (exact) mass is 323 g/mol. The Bertz CT molecular complexity index is 746. The molecule has 1 aliphatic heterocycles. The van der Waals surface area contributed by atoms with E-state index in [4.69, 9.17) is 0 Å². The maximum atomic E-state index is 12.9. The zero-order chi connectivity index (χ0) is 16.4. The summed E-state index contributed by atoms with van der Waals surface area (Å²) in [6.07, 6.45) is 4.07. The molecule has 1 aliphatic rings. The molecule has 3 rings (SSSR count). The van der Waals surface area contributed by atoms with Crippen LogP contribution in [0.25, 0.3) is 11.6 Å². The number of benzene rings is 2. The van der Waals surface area contributed by atoms with Crippen LogP contribution in [0.3, 0.4) is 0 Å². The Morgan fingerprint density at radius 1 is 1.09 bits per heavy atom. The summed E-state index contributed by atoms with van der Waals surface area (Å²) in [5.74, 6) is 0.543. The van der Waals surface area contributed by atoms with Gasteiger partial charge >= 0.3 is 0 Å². The number of nitrogens with zero attached hydrogens (tertiary/aromatic N) is 1. The number of hydrogen-bond donors (Lipinski definition) is 0. The predicted octanol–water partition coefficient (Wildman–Crippen LogP) is 4.95. The van der Waals surface area contributed by atoms with Crippen LogP contribution in [-0.4, -0.2) is 18.7 Å². The number of thioether (sulfide) groups is 1. The second kappa shape index (κ2) is 6.63. The van der Waals surface area contributed by atoms with E-state index in [1.165, 1.54) is 4.90 Å². The highest BCUT2D eigenvalue weighted by Gasteiger charge is 2.32. The lowest BCUT2D eigenvalue weighted by atomic mass is 10.0. The Morgan fingerprint density at radius 2 is 1.78 bits per heavy atom. The van der Waals surface area contributed by atoms with Gasteiger partial charge in [0.05, 0.1) is 5.69 Å². The van der Waals surface area contributed by atoms with Crippen LogP contribution in [0.4, 0.5) is 5.69 Å². The van der Waals surface area contributed by atoms with E-state index < -0.39 is 0 Å². The molecular formula is C20H21NOS. The van der Waals surface area contributed by atoms with Gasteiger partial charge in [-0.2, -0.15) is 0 Å². The molecule has 0 bridgehead atoms. The lowest BCUT2D eigenvalue weighted by molar-refractivity contribution is -0.113. The zero-order valence-corrected chi connectivity index (χ0v) is 14.6. The van der Waals surface area contributed by atoms with Gasteiger partial charge in [0.1, 0.15) is 0 Å². The molecule has 0 unspecified atom stereocenters. The maximum absolute atomic E-state index is 12.9. The standard InChI is InChI=1S/C20H21NOS/c1-14(2)13-21-19-7-5-4-6-17(19)18(20(21)22)12-15-8-10-16(23-3)11-9-15/h4-12,14H,13H2,1-3H3/b18-12-. The first-order valence-corrected chi connectivity index (χ1v) is 9.09. The van der Waals surface area contributed by atoms with Gasteiger partial charge in [-0.25, -0.2) is 0 Å². The van der Waals surface area contributed by atoms with Gasteiger partial charge in [-0.05, 0) is 42.0 Å². The fourth-order valence-corrected chi connectivity index (χ4v) is 3.27. The summed E-state index contributed by atoms with van der Waals surface area (Å²) in [6, 6.07) is 16.4. The molecule has 0 fully saturated rings. The summed E-state index contributed by atoms with van der Waals surface area (Å²) < 4.78 is 0. The van der Waals surface area contributed by atoms with Crippen molar-refractivity contribution in [3.8, 4) is 0 Å². The molecule has 0 spiro atoms. The van der Waals surface area contributed by atoms with Crippen molar-refractivity contribution in [3.05, 3.63) is 59.7 Å². The van der Waals surface area contributed by atoms with Gasteiger partial charge in [0.25, 0.3) is 5.91 Å². The van der Waals surface area contributed by atoms with Gasteiger partial charge in [-0.15, -0.1) is 11.8 Å². The highest BCUT2D eigenvalue weighted by molar-refractivity contribution is 7.98. The van der Waals surface area contributed by atoms with Crippen molar-refractivity contribution in [2.75, 3.05) is 17.7 Å². The number of carbonyl (C=O) groups is 1. The van der Waals surface area contributed by atoms with E-state index in [1.54, 1.807) is 11.8 Å². The molecule has 0 saturated heterocycles. The zero-order valence-electron chi connectivity index (χ0n) is 13.7. The van der Waals surface area contributed by atoms with Crippen LogP contribution < -0.4 is 4.90 Å². The van der Waals surface area contributed by atoms with Crippen molar-refractivity contribution >= 4 is 35.0 Å². The molecule has 0 saturated carbocycles. The van der Waals surface area contributed by atoms with Crippen LogP contribution >= 0.6 is 11.8 Å². The minimum atomic E-state index is 0.105. The van der Waals surface area contributed by atoms with Crippen molar-refractivity contribution in [1.82, 2.24) is 0 Å². The smallest absolute Gasteiger partial charge is 0.259 e. The molecule has 1 amide bonds. The molecule has 23 heavy (non-hydrogen) atoms. The summed E-state index contributed by atoms with van der Waals surface area (Å²) in [6.45, 7) is 5.02. The fraction of sp³-hybridized carbons (Fsp3) is 0.250. The minimum Gasteiger partial charge on any atom is -0.307 e. The fourth-order valence-electron chi connectivity index (χ4n) is 2.86. The van der Waals surface area contributed by atoms with Crippen molar-refractivity contribution in [3.63, 3.8) is 0 Å². The molecule has 0 aromatic heterocycles. The summed E-state index contributed by atoms with van der Waals surface area (Å²) in [4.78, 5) is 16.0. The van der Waals surface area contributed by atoms with Gasteiger partial charge in [0.15, 0.2) is 0 Å². The first-order valence-electron chi connectivity index (χ1n) is 7.87. The van der Waals surface area contributed by atoms with Crippen LogP contribution in [-0.2, 0) is 4.79 Å². The topological polar surface area (TPSA) is 20.3 Å². The van der Waals surface area contributed by atoms with Gasteiger partial charge < -0.3 is 4.90 Å². The first-order chi connectivity index (χ1) is 11.1. The van der Waals surface area contributed by atoms with E-state index in [2.05, 4.69) is 44.4 Å². The third-order valence-electron chi connectivity index (χ3n) is 3.94. The lowest BCUT2D eigenvalue weighted by Gasteiger charge is -2.19. The highest BCUT2D eigenvalue weighted by atomic mass is 32.2. The highest BCUT2D eigenvalue weighted by Crippen LogP contribution is 2.38. The average molecular weight is 323 g/mol. The van der Waals surface area contributed by atoms with Crippen LogP contribution in [0.15, 0.2) is 53.4 Å². The molecular weight excluding hydrogens is 302 g/mol. The maximum Gasteiger partial charge on any atom is 0.259 e.